The van der Waals surface area contributed by atoms with Crippen LogP contribution in [0.15, 0.2) is 17.2 Å². The fourth-order valence-corrected chi connectivity index (χ4v) is 3.86. The van der Waals surface area contributed by atoms with Gasteiger partial charge in [0.05, 0.1) is 0 Å². The standard InChI is InChI=1S/C20H34N4O2S/c1-14-9-10-16(27-21)23-17(14)22-11-7-8-15-12-20(5,6)24(13-15)18(25)26-19(2,3)4/h9-10,15H,7-8,11-13,21H2,1-6H3,(H,22,23). The fourth-order valence-electron chi connectivity index (χ4n) is 3.57. The van der Waals surface area contributed by atoms with Crippen molar-refractivity contribution in [1.82, 2.24) is 9.88 Å². The molecule has 1 aromatic heterocycles. The number of carbonyl (C=O) groups is 1. The van der Waals surface area contributed by atoms with Crippen molar-refractivity contribution in [2.45, 2.75) is 77.0 Å². The number of nitrogens with two attached hydrogens (primary N) is 1. The molecule has 1 amide bonds. The Hall–Kier alpha value is -1.47. The Bertz CT molecular complexity index is 658. The minimum Gasteiger partial charge on any atom is -0.444 e. The molecule has 7 heteroatoms. The van der Waals surface area contributed by atoms with Crippen molar-refractivity contribution in [2.75, 3.05) is 18.4 Å². The van der Waals surface area contributed by atoms with Crippen LogP contribution in [0.2, 0.25) is 0 Å². The molecule has 3 N–H and O–H groups in total. The first kappa shape index (κ1) is 21.8. The average Bonchev–Trinajstić information content (AvgIpc) is 2.86. The third-order valence-electron chi connectivity index (χ3n) is 4.85. The molecule has 2 rings (SSSR count). The van der Waals surface area contributed by atoms with Crippen LogP contribution in [0.1, 0.15) is 59.4 Å². The van der Waals surface area contributed by atoms with E-state index in [-0.39, 0.29) is 11.6 Å². The summed E-state index contributed by atoms with van der Waals surface area (Å²) >= 11 is 1.16. The number of likely N-dealkylation sites (tertiary alicyclic amines) is 1. The predicted octanol–water partition coefficient (Wildman–Crippen LogP) is 4.58. The molecule has 0 saturated carbocycles. The van der Waals surface area contributed by atoms with Crippen LogP contribution in [0.4, 0.5) is 10.6 Å². The molecule has 2 heterocycles. The number of hydrogen-bond donors (Lipinski definition) is 2. The molecule has 0 spiro atoms. The normalized spacial score (nSPS) is 19.2. The minimum atomic E-state index is -0.462. The van der Waals surface area contributed by atoms with E-state index in [2.05, 4.69) is 24.1 Å². The van der Waals surface area contributed by atoms with Crippen molar-refractivity contribution in [1.29, 1.82) is 0 Å². The summed E-state index contributed by atoms with van der Waals surface area (Å²) < 4.78 is 5.58. The SMILES string of the molecule is Cc1ccc(SN)nc1NCCCC1CN(C(=O)OC(C)(C)C)C(C)(C)C1. The topological polar surface area (TPSA) is 80.5 Å². The molecule has 1 aliphatic rings. The lowest BCUT2D eigenvalue weighted by Crippen LogP contribution is -2.45. The van der Waals surface area contributed by atoms with E-state index in [1.54, 1.807) is 0 Å². The molecule has 1 aromatic rings. The first-order valence-electron chi connectivity index (χ1n) is 9.61. The fraction of sp³-hybridized carbons (Fsp3) is 0.700. The third-order valence-corrected chi connectivity index (χ3v) is 5.32. The highest BCUT2D eigenvalue weighted by molar-refractivity contribution is 7.97. The summed E-state index contributed by atoms with van der Waals surface area (Å²) in [6, 6.07) is 3.96. The summed E-state index contributed by atoms with van der Waals surface area (Å²) in [5.41, 5.74) is 0.493. The van der Waals surface area contributed by atoms with Crippen molar-refractivity contribution in [3.63, 3.8) is 0 Å². The lowest BCUT2D eigenvalue weighted by atomic mass is 9.93. The molecule has 0 bridgehead atoms. The molecule has 1 atom stereocenters. The van der Waals surface area contributed by atoms with Gasteiger partial charge in [-0.3, -0.25) is 5.14 Å². The van der Waals surface area contributed by atoms with E-state index < -0.39 is 5.60 Å². The number of pyridine rings is 1. The van der Waals surface area contributed by atoms with Gasteiger partial charge in [-0.2, -0.15) is 0 Å². The quantitative estimate of drug-likeness (QED) is 0.543. The van der Waals surface area contributed by atoms with Gasteiger partial charge >= 0.3 is 6.09 Å². The van der Waals surface area contributed by atoms with Crippen LogP contribution >= 0.6 is 11.9 Å². The first-order valence-corrected chi connectivity index (χ1v) is 10.5. The Morgan fingerprint density at radius 3 is 2.78 bits per heavy atom. The maximum absolute atomic E-state index is 12.5. The second-order valence-electron chi connectivity index (χ2n) is 8.98. The van der Waals surface area contributed by atoms with Crippen LogP contribution in [-0.4, -0.2) is 40.2 Å². The van der Waals surface area contributed by atoms with Gasteiger partial charge < -0.3 is 15.0 Å². The van der Waals surface area contributed by atoms with E-state index in [4.69, 9.17) is 9.88 Å². The maximum Gasteiger partial charge on any atom is 0.410 e. The number of aromatic nitrogens is 1. The van der Waals surface area contributed by atoms with Gasteiger partial charge in [0, 0.05) is 18.6 Å². The number of aryl methyl sites for hydroxylation is 1. The summed E-state index contributed by atoms with van der Waals surface area (Å²) in [6.07, 6.45) is 2.90. The van der Waals surface area contributed by atoms with Crippen LogP contribution in [-0.2, 0) is 4.74 Å². The smallest absolute Gasteiger partial charge is 0.410 e. The van der Waals surface area contributed by atoms with Gasteiger partial charge in [0.15, 0.2) is 0 Å². The van der Waals surface area contributed by atoms with Crippen molar-refractivity contribution in [2.24, 2.45) is 11.1 Å². The molecule has 6 nitrogen and oxygen atoms in total. The summed E-state index contributed by atoms with van der Waals surface area (Å²) in [7, 11) is 0. The largest absolute Gasteiger partial charge is 0.444 e. The van der Waals surface area contributed by atoms with Gasteiger partial charge in [0.2, 0.25) is 0 Å². The van der Waals surface area contributed by atoms with Crippen LogP contribution in [0.3, 0.4) is 0 Å². The van der Waals surface area contributed by atoms with Crippen LogP contribution in [0, 0.1) is 12.8 Å². The second kappa shape index (κ2) is 8.69. The number of nitrogens with zero attached hydrogens (tertiary/aromatic N) is 2. The molecule has 0 aliphatic carbocycles. The first-order chi connectivity index (χ1) is 12.5. The molecule has 1 unspecified atom stereocenters. The van der Waals surface area contributed by atoms with E-state index >= 15 is 0 Å². The number of hydrogen-bond acceptors (Lipinski definition) is 6. The Kier molecular flexibility index (Phi) is 7.03. The Balaban J connectivity index is 1.83. The molecular weight excluding hydrogens is 360 g/mol. The highest BCUT2D eigenvalue weighted by Crippen LogP contribution is 2.36. The maximum atomic E-state index is 12.5. The molecule has 0 radical (unpaired) electrons. The van der Waals surface area contributed by atoms with Gasteiger partial charge in [0.25, 0.3) is 0 Å². The van der Waals surface area contributed by atoms with Gasteiger partial charge in [-0.15, -0.1) is 0 Å². The zero-order valence-electron chi connectivity index (χ0n) is 17.5. The number of anilines is 1. The molecule has 1 saturated heterocycles. The Morgan fingerprint density at radius 1 is 1.44 bits per heavy atom. The van der Waals surface area contributed by atoms with E-state index in [1.165, 1.54) is 0 Å². The van der Waals surface area contributed by atoms with E-state index in [0.717, 1.165) is 60.7 Å². The van der Waals surface area contributed by atoms with E-state index in [9.17, 15) is 4.79 Å². The Morgan fingerprint density at radius 2 is 2.15 bits per heavy atom. The van der Waals surface area contributed by atoms with Crippen LogP contribution < -0.4 is 10.5 Å². The van der Waals surface area contributed by atoms with Crippen molar-refractivity contribution in [3.8, 4) is 0 Å². The van der Waals surface area contributed by atoms with E-state index in [1.807, 2.05) is 44.7 Å². The molecule has 0 aromatic carbocycles. The number of carbonyl (C=O) groups excluding carboxylic acids is 1. The summed E-state index contributed by atoms with van der Waals surface area (Å²) in [5.74, 6) is 1.39. The highest BCUT2D eigenvalue weighted by atomic mass is 32.2. The summed E-state index contributed by atoms with van der Waals surface area (Å²) in [5, 5.41) is 9.82. The van der Waals surface area contributed by atoms with Crippen molar-refractivity contribution >= 4 is 23.9 Å². The molecule has 27 heavy (non-hydrogen) atoms. The average molecular weight is 395 g/mol. The lowest BCUT2D eigenvalue weighted by Gasteiger charge is -2.33. The van der Waals surface area contributed by atoms with Crippen molar-refractivity contribution in [3.05, 3.63) is 17.7 Å². The van der Waals surface area contributed by atoms with Gasteiger partial charge in [-0.05, 0) is 90.3 Å². The molecular formula is C20H34N4O2S. The van der Waals surface area contributed by atoms with Crippen LogP contribution in [0.5, 0.6) is 0 Å². The third kappa shape index (κ3) is 6.28. The monoisotopic (exact) mass is 394 g/mol. The van der Waals surface area contributed by atoms with Gasteiger partial charge in [-0.1, -0.05) is 6.07 Å². The van der Waals surface area contributed by atoms with E-state index in [0.29, 0.717) is 5.92 Å². The number of ether oxygens (including phenoxy) is 1. The zero-order chi connectivity index (χ0) is 20.2. The Labute approximate surface area is 167 Å². The number of nitrogens with one attached hydrogen (secondary N) is 1. The van der Waals surface area contributed by atoms with Gasteiger partial charge in [-0.25, -0.2) is 9.78 Å². The predicted molar refractivity (Wildman–Crippen MR) is 112 cm³/mol. The zero-order valence-corrected chi connectivity index (χ0v) is 18.3. The summed E-state index contributed by atoms with van der Waals surface area (Å²) in [6.45, 7) is 13.6. The van der Waals surface area contributed by atoms with Gasteiger partial charge in [0.1, 0.15) is 16.4 Å². The molecule has 1 aliphatic heterocycles. The minimum absolute atomic E-state index is 0.161. The lowest BCUT2D eigenvalue weighted by molar-refractivity contribution is 0.0131. The summed E-state index contributed by atoms with van der Waals surface area (Å²) in [4.78, 5) is 18.9. The highest BCUT2D eigenvalue weighted by Gasteiger charge is 2.42. The number of rotatable bonds is 6. The number of amides is 1. The second-order valence-corrected chi connectivity index (χ2v) is 9.63. The molecule has 1 fully saturated rings. The van der Waals surface area contributed by atoms with Crippen molar-refractivity contribution < 1.29 is 9.53 Å². The van der Waals surface area contributed by atoms with Crippen LogP contribution in [0.25, 0.3) is 0 Å². The molecule has 152 valence electrons.